The Labute approximate surface area is 133 Å². The Morgan fingerprint density at radius 1 is 1.23 bits per heavy atom. The molecule has 122 valence electrons. The molecule has 0 atom stereocenters. The lowest BCUT2D eigenvalue weighted by Crippen LogP contribution is -2.39. The van der Waals surface area contributed by atoms with Crippen LogP contribution in [0.3, 0.4) is 0 Å². The highest BCUT2D eigenvalue weighted by Gasteiger charge is 2.20. The Bertz CT molecular complexity index is 505. The van der Waals surface area contributed by atoms with Gasteiger partial charge in [0.15, 0.2) is 5.78 Å². The highest BCUT2D eigenvalue weighted by atomic mass is 16.5. The Kier molecular flexibility index (Phi) is 5.98. The Morgan fingerprint density at radius 2 is 1.91 bits per heavy atom. The zero-order chi connectivity index (χ0) is 16.1. The fourth-order valence-corrected chi connectivity index (χ4v) is 2.53. The van der Waals surface area contributed by atoms with E-state index in [1.54, 1.807) is 0 Å². The Hall–Kier alpha value is -1.39. The van der Waals surface area contributed by atoms with Crippen LogP contribution in [0, 0.1) is 0 Å². The van der Waals surface area contributed by atoms with E-state index in [0.29, 0.717) is 37.0 Å². The summed E-state index contributed by atoms with van der Waals surface area (Å²) >= 11 is 0. The molecule has 22 heavy (non-hydrogen) atoms. The van der Waals surface area contributed by atoms with E-state index >= 15 is 0 Å². The minimum absolute atomic E-state index is 0.0554. The molecule has 4 nitrogen and oxygen atoms in total. The zero-order valence-corrected chi connectivity index (χ0v) is 14.1. The van der Waals surface area contributed by atoms with Crippen LogP contribution in [0.1, 0.15) is 49.5 Å². The predicted molar refractivity (Wildman–Crippen MR) is 87.9 cm³/mol. The maximum atomic E-state index is 12.7. The van der Waals surface area contributed by atoms with E-state index in [-0.39, 0.29) is 11.9 Å². The fraction of sp³-hybridized carbons (Fsp3) is 0.611. The Balaban J connectivity index is 2.20. The smallest absolute Gasteiger partial charge is 0.180 e. The minimum atomic E-state index is 0.0554. The molecule has 0 amide bonds. The molecule has 0 unspecified atom stereocenters. The van der Waals surface area contributed by atoms with Gasteiger partial charge in [-0.05, 0) is 37.5 Å². The van der Waals surface area contributed by atoms with Gasteiger partial charge in [0.25, 0.3) is 0 Å². The van der Waals surface area contributed by atoms with Crippen LogP contribution in [0.2, 0.25) is 0 Å². The Morgan fingerprint density at radius 3 is 2.50 bits per heavy atom. The lowest BCUT2D eigenvalue weighted by molar-refractivity contribution is 0.0370. The summed E-state index contributed by atoms with van der Waals surface area (Å²) in [4.78, 5) is 14.9. The summed E-state index contributed by atoms with van der Waals surface area (Å²) in [6.45, 7) is 11.7. The normalized spacial score (nSPS) is 16.3. The summed E-state index contributed by atoms with van der Waals surface area (Å²) in [6, 6.07) is 5.97. The van der Waals surface area contributed by atoms with Gasteiger partial charge in [-0.1, -0.05) is 19.9 Å². The second kappa shape index (κ2) is 7.75. The first kappa shape index (κ1) is 17.0. The molecule has 4 heteroatoms. The zero-order valence-electron chi connectivity index (χ0n) is 14.1. The lowest BCUT2D eigenvalue weighted by atomic mass is 9.98. The average Bonchev–Trinajstić information content (AvgIpc) is 2.47. The first-order valence-electron chi connectivity index (χ1n) is 8.11. The van der Waals surface area contributed by atoms with Gasteiger partial charge in [-0.15, -0.1) is 0 Å². The van der Waals surface area contributed by atoms with Crippen molar-refractivity contribution < 1.29 is 14.3 Å². The molecule has 0 aromatic heterocycles. The van der Waals surface area contributed by atoms with Gasteiger partial charge >= 0.3 is 0 Å². The fourth-order valence-electron chi connectivity index (χ4n) is 2.53. The van der Waals surface area contributed by atoms with Crippen molar-refractivity contribution in [3.63, 3.8) is 0 Å². The highest BCUT2D eigenvalue weighted by Crippen LogP contribution is 2.26. The number of benzene rings is 1. The van der Waals surface area contributed by atoms with Crippen LogP contribution in [-0.2, 0) is 4.74 Å². The van der Waals surface area contributed by atoms with Gasteiger partial charge in [0.1, 0.15) is 5.75 Å². The number of morpholine rings is 1. The average molecular weight is 305 g/mol. The molecule has 0 spiro atoms. The minimum Gasteiger partial charge on any atom is -0.490 e. The van der Waals surface area contributed by atoms with Crippen LogP contribution in [-0.4, -0.2) is 49.6 Å². The molecule has 1 heterocycles. The van der Waals surface area contributed by atoms with Crippen molar-refractivity contribution in [1.82, 2.24) is 4.90 Å². The number of hydrogen-bond acceptors (Lipinski definition) is 4. The summed E-state index contributed by atoms with van der Waals surface area (Å²) in [5, 5.41) is 0. The van der Waals surface area contributed by atoms with Crippen molar-refractivity contribution in [3.8, 4) is 5.75 Å². The molecule has 1 fully saturated rings. The largest absolute Gasteiger partial charge is 0.490 e. The standard InChI is InChI=1S/C18H27NO3/c1-13(2)15-5-6-18(22-14(3)4)16(11-15)17(20)12-19-7-9-21-10-8-19/h5-6,11,13-14H,7-10,12H2,1-4H3. The van der Waals surface area contributed by atoms with Crippen molar-refractivity contribution in [2.24, 2.45) is 0 Å². The maximum absolute atomic E-state index is 12.7. The van der Waals surface area contributed by atoms with Gasteiger partial charge in [-0.2, -0.15) is 0 Å². The summed E-state index contributed by atoms with van der Waals surface area (Å²) in [6.07, 6.45) is 0.0554. The van der Waals surface area contributed by atoms with Crippen molar-refractivity contribution >= 4 is 5.78 Å². The third kappa shape index (κ3) is 4.55. The molecular formula is C18H27NO3. The van der Waals surface area contributed by atoms with Crippen LogP contribution in [0.15, 0.2) is 18.2 Å². The molecule has 2 rings (SSSR count). The summed E-state index contributed by atoms with van der Waals surface area (Å²) in [5.41, 5.74) is 1.87. The van der Waals surface area contributed by atoms with Crippen LogP contribution >= 0.6 is 0 Å². The predicted octanol–water partition coefficient (Wildman–Crippen LogP) is 3.11. The molecule has 1 aromatic carbocycles. The van der Waals surface area contributed by atoms with Gasteiger partial charge < -0.3 is 9.47 Å². The van der Waals surface area contributed by atoms with Gasteiger partial charge in [0.2, 0.25) is 0 Å². The maximum Gasteiger partial charge on any atom is 0.180 e. The van der Waals surface area contributed by atoms with Crippen molar-refractivity contribution in [2.45, 2.75) is 39.7 Å². The quantitative estimate of drug-likeness (QED) is 0.757. The molecule has 0 N–H and O–H groups in total. The van der Waals surface area contributed by atoms with Gasteiger partial charge in [-0.3, -0.25) is 9.69 Å². The van der Waals surface area contributed by atoms with Crippen molar-refractivity contribution in [3.05, 3.63) is 29.3 Å². The second-order valence-corrected chi connectivity index (χ2v) is 6.39. The number of rotatable bonds is 6. The third-order valence-corrected chi connectivity index (χ3v) is 3.80. The van der Waals surface area contributed by atoms with Crippen molar-refractivity contribution in [2.75, 3.05) is 32.8 Å². The van der Waals surface area contributed by atoms with Crippen LogP contribution in [0.5, 0.6) is 5.75 Å². The van der Waals surface area contributed by atoms with Gasteiger partial charge in [0, 0.05) is 13.1 Å². The lowest BCUT2D eigenvalue weighted by Gasteiger charge is -2.26. The number of hydrogen-bond donors (Lipinski definition) is 0. The van der Waals surface area contributed by atoms with E-state index in [1.165, 1.54) is 5.56 Å². The van der Waals surface area contributed by atoms with Gasteiger partial charge in [-0.25, -0.2) is 0 Å². The first-order chi connectivity index (χ1) is 10.5. The van der Waals surface area contributed by atoms with E-state index in [2.05, 4.69) is 18.7 Å². The van der Waals surface area contributed by atoms with E-state index in [1.807, 2.05) is 32.0 Å². The number of carbonyl (C=O) groups is 1. The van der Waals surface area contributed by atoms with Crippen LogP contribution in [0.25, 0.3) is 0 Å². The summed E-state index contributed by atoms with van der Waals surface area (Å²) in [5.74, 6) is 1.21. The summed E-state index contributed by atoms with van der Waals surface area (Å²) < 4.78 is 11.2. The van der Waals surface area contributed by atoms with E-state index in [0.717, 1.165) is 13.1 Å². The number of ether oxygens (including phenoxy) is 2. The highest BCUT2D eigenvalue weighted by molar-refractivity contribution is 6.00. The topological polar surface area (TPSA) is 38.8 Å². The number of Topliss-reactive ketones (excluding diaryl/α,β-unsaturated/α-hetero) is 1. The molecular weight excluding hydrogens is 278 g/mol. The molecule has 1 saturated heterocycles. The summed E-state index contributed by atoms with van der Waals surface area (Å²) in [7, 11) is 0. The monoisotopic (exact) mass is 305 g/mol. The van der Waals surface area contributed by atoms with Gasteiger partial charge in [0.05, 0.1) is 31.4 Å². The van der Waals surface area contributed by atoms with E-state index < -0.39 is 0 Å². The molecule has 0 aliphatic carbocycles. The van der Waals surface area contributed by atoms with Crippen LogP contribution in [0.4, 0.5) is 0 Å². The number of carbonyl (C=O) groups excluding carboxylic acids is 1. The first-order valence-corrected chi connectivity index (χ1v) is 8.11. The molecule has 1 aliphatic heterocycles. The molecule has 0 radical (unpaired) electrons. The third-order valence-electron chi connectivity index (χ3n) is 3.80. The molecule has 0 bridgehead atoms. The van der Waals surface area contributed by atoms with Crippen molar-refractivity contribution in [1.29, 1.82) is 0 Å². The van der Waals surface area contributed by atoms with Crippen LogP contribution < -0.4 is 4.74 Å². The molecule has 1 aromatic rings. The molecule has 1 aliphatic rings. The second-order valence-electron chi connectivity index (χ2n) is 6.39. The molecule has 0 saturated carbocycles. The number of nitrogens with zero attached hydrogens (tertiary/aromatic N) is 1. The van der Waals surface area contributed by atoms with E-state index in [4.69, 9.17) is 9.47 Å². The SMILES string of the molecule is CC(C)Oc1ccc(C(C)C)cc1C(=O)CN1CCOCC1. The number of ketones is 1. The van der Waals surface area contributed by atoms with E-state index in [9.17, 15) is 4.79 Å².